The Hall–Kier alpha value is -2.69. The highest BCUT2D eigenvalue weighted by Gasteiger charge is 2.19. The van der Waals surface area contributed by atoms with Crippen LogP contribution in [0.2, 0.25) is 0 Å². The van der Waals surface area contributed by atoms with Crippen molar-refractivity contribution in [1.29, 1.82) is 0 Å². The van der Waals surface area contributed by atoms with Crippen molar-refractivity contribution in [3.05, 3.63) is 58.0 Å². The number of fused-ring (bicyclic) bond motifs is 2. The molecule has 2 aromatic carbocycles. The SMILES string of the molecule is Nc1ccc2c(c1)CCN2Cc1ccc2[nH]c(=O)[nH]c2c1. The predicted octanol–water partition coefficient (Wildman–Crippen LogP) is 2.00. The van der Waals surface area contributed by atoms with E-state index in [0.29, 0.717) is 0 Å². The molecule has 5 nitrogen and oxygen atoms in total. The Labute approximate surface area is 121 Å². The zero-order valence-corrected chi connectivity index (χ0v) is 11.5. The van der Waals surface area contributed by atoms with Gasteiger partial charge in [0.25, 0.3) is 0 Å². The molecule has 21 heavy (non-hydrogen) atoms. The standard InChI is InChI=1S/C16H16N4O/c17-12-2-4-15-11(8-12)5-6-20(15)9-10-1-3-13-14(7-10)19-16(21)18-13/h1-4,7-8H,5-6,9,17H2,(H2,18,19,21). The monoisotopic (exact) mass is 280 g/mol. The van der Waals surface area contributed by atoms with E-state index in [-0.39, 0.29) is 5.69 Å². The first kappa shape index (κ1) is 12.1. The molecular formula is C16H16N4O. The third-order valence-electron chi connectivity index (χ3n) is 4.05. The number of nitrogens with one attached hydrogen (secondary N) is 2. The molecule has 1 aliphatic rings. The molecule has 0 aliphatic carbocycles. The summed E-state index contributed by atoms with van der Waals surface area (Å²) in [4.78, 5) is 19.2. The van der Waals surface area contributed by atoms with Gasteiger partial charge in [0.1, 0.15) is 0 Å². The molecule has 5 heteroatoms. The van der Waals surface area contributed by atoms with Gasteiger partial charge in [0.05, 0.1) is 11.0 Å². The first-order chi connectivity index (χ1) is 10.2. The summed E-state index contributed by atoms with van der Waals surface area (Å²) in [6.45, 7) is 1.83. The molecule has 0 spiro atoms. The zero-order valence-electron chi connectivity index (χ0n) is 11.5. The lowest BCUT2D eigenvalue weighted by molar-refractivity contribution is 0.837. The third-order valence-corrected chi connectivity index (χ3v) is 4.05. The molecule has 0 unspecified atom stereocenters. The van der Waals surface area contributed by atoms with Crippen molar-refractivity contribution in [3.63, 3.8) is 0 Å². The number of rotatable bonds is 2. The Morgan fingerprint density at radius 1 is 1.10 bits per heavy atom. The second-order valence-electron chi connectivity index (χ2n) is 5.52. The summed E-state index contributed by atoms with van der Waals surface area (Å²) < 4.78 is 0. The molecule has 2 heterocycles. The Balaban J connectivity index is 1.65. The lowest BCUT2D eigenvalue weighted by atomic mass is 10.1. The van der Waals surface area contributed by atoms with Crippen molar-refractivity contribution in [1.82, 2.24) is 9.97 Å². The molecule has 0 saturated heterocycles. The summed E-state index contributed by atoms with van der Waals surface area (Å²) >= 11 is 0. The minimum atomic E-state index is -0.163. The number of nitrogen functional groups attached to an aromatic ring is 1. The number of hydrogen-bond donors (Lipinski definition) is 3. The van der Waals surface area contributed by atoms with E-state index in [2.05, 4.69) is 33.1 Å². The maximum atomic E-state index is 11.3. The van der Waals surface area contributed by atoms with Gasteiger partial charge in [-0.2, -0.15) is 0 Å². The van der Waals surface area contributed by atoms with Crippen molar-refractivity contribution in [3.8, 4) is 0 Å². The molecule has 0 fully saturated rings. The van der Waals surface area contributed by atoms with Gasteiger partial charge >= 0.3 is 5.69 Å². The van der Waals surface area contributed by atoms with Crippen LogP contribution in [0.3, 0.4) is 0 Å². The van der Waals surface area contributed by atoms with Crippen molar-refractivity contribution in [2.24, 2.45) is 0 Å². The molecule has 0 radical (unpaired) electrons. The second kappa shape index (κ2) is 4.41. The summed E-state index contributed by atoms with van der Waals surface area (Å²) in [6.07, 6.45) is 1.03. The summed E-state index contributed by atoms with van der Waals surface area (Å²) in [5.41, 5.74) is 11.9. The molecule has 0 amide bonds. The van der Waals surface area contributed by atoms with Crippen LogP contribution in [0.4, 0.5) is 11.4 Å². The minimum Gasteiger partial charge on any atom is -0.399 e. The number of aromatic amines is 2. The quantitative estimate of drug-likeness (QED) is 0.628. The maximum absolute atomic E-state index is 11.3. The largest absolute Gasteiger partial charge is 0.399 e. The number of benzene rings is 2. The highest BCUT2D eigenvalue weighted by molar-refractivity contribution is 5.75. The van der Waals surface area contributed by atoms with Crippen LogP contribution >= 0.6 is 0 Å². The van der Waals surface area contributed by atoms with E-state index in [0.717, 1.165) is 36.2 Å². The van der Waals surface area contributed by atoms with Crippen LogP contribution in [0.25, 0.3) is 11.0 Å². The fourth-order valence-corrected chi connectivity index (χ4v) is 3.05. The predicted molar refractivity (Wildman–Crippen MR) is 84.5 cm³/mol. The van der Waals surface area contributed by atoms with Crippen molar-refractivity contribution in [2.75, 3.05) is 17.2 Å². The molecule has 3 aromatic rings. The van der Waals surface area contributed by atoms with Crippen molar-refractivity contribution < 1.29 is 0 Å². The van der Waals surface area contributed by atoms with Gasteiger partial charge in [0.15, 0.2) is 0 Å². The average molecular weight is 280 g/mol. The third kappa shape index (κ3) is 2.07. The lowest BCUT2D eigenvalue weighted by Crippen LogP contribution is -2.19. The van der Waals surface area contributed by atoms with Crippen LogP contribution in [-0.2, 0) is 13.0 Å². The maximum Gasteiger partial charge on any atom is 0.323 e. The fourth-order valence-electron chi connectivity index (χ4n) is 3.05. The van der Waals surface area contributed by atoms with Crippen LogP contribution in [0.1, 0.15) is 11.1 Å². The van der Waals surface area contributed by atoms with Gasteiger partial charge in [-0.15, -0.1) is 0 Å². The van der Waals surface area contributed by atoms with E-state index in [1.807, 2.05) is 18.2 Å². The first-order valence-corrected chi connectivity index (χ1v) is 7.03. The fraction of sp³-hybridized carbons (Fsp3) is 0.188. The summed E-state index contributed by atoms with van der Waals surface area (Å²) in [5.74, 6) is 0. The number of H-pyrrole nitrogens is 2. The van der Waals surface area contributed by atoms with E-state index in [4.69, 9.17) is 5.73 Å². The Bertz CT molecular complexity index is 877. The van der Waals surface area contributed by atoms with E-state index in [1.165, 1.54) is 16.8 Å². The van der Waals surface area contributed by atoms with Crippen LogP contribution in [0.15, 0.2) is 41.2 Å². The average Bonchev–Trinajstić information content (AvgIpc) is 3.01. The molecule has 4 N–H and O–H groups in total. The summed E-state index contributed by atoms with van der Waals surface area (Å²) in [5, 5.41) is 0. The lowest BCUT2D eigenvalue weighted by Gasteiger charge is -2.19. The molecule has 1 aromatic heterocycles. The molecular weight excluding hydrogens is 264 g/mol. The van der Waals surface area contributed by atoms with Gasteiger partial charge in [-0.1, -0.05) is 6.07 Å². The molecule has 106 valence electrons. The van der Waals surface area contributed by atoms with Crippen LogP contribution < -0.4 is 16.3 Å². The Kier molecular flexibility index (Phi) is 2.54. The van der Waals surface area contributed by atoms with Crippen LogP contribution in [0.5, 0.6) is 0 Å². The number of nitrogens with zero attached hydrogens (tertiary/aromatic N) is 1. The summed E-state index contributed by atoms with van der Waals surface area (Å²) in [7, 11) is 0. The number of anilines is 2. The smallest absolute Gasteiger partial charge is 0.323 e. The van der Waals surface area contributed by atoms with E-state index in [9.17, 15) is 4.79 Å². The van der Waals surface area contributed by atoms with Gasteiger partial charge in [0, 0.05) is 24.5 Å². The highest BCUT2D eigenvalue weighted by Crippen LogP contribution is 2.31. The highest BCUT2D eigenvalue weighted by atomic mass is 16.1. The van der Waals surface area contributed by atoms with E-state index < -0.39 is 0 Å². The first-order valence-electron chi connectivity index (χ1n) is 7.03. The van der Waals surface area contributed by atoms with Gasteiger partial charge in [-0.25, -0.2) is 4.79 Å². The van der Waals surface area contributed by atoms with E-state index in [1.54, 1.807) is 0 Å². The van der Waals surface area contributed by atoms with Gasteiger partial charge in [-0.3, -0.25) is 0 Å². The Morgan fingerprint density at radius 3 is 2.86 bits per heavy atom. The molecule has 4 rings (SSSR count). The summed E-state index contributed by atoms with van der Waals surface area (Å²) in [6, 6.07) is 12.1. The molecule has 0 atom stereocenters. The number of imidazole rings is 1. The number of hydrogen-bond acceptors (Lipinski definition) is 3. The van der Waals surface area contributed by atoms with Crippen LogP contribution in [-0.4, -0.2) is 16.5 Å². The zero-order chi connectivity index (χ0) is 14.4. The Morgan fingerprint density at radius 2 is 1.95 bits per heavy atom. The van der Waals surface area contributed by atoms with Gasteiger partial charge in [-0.05, 0) is 47.9 Å². The van der Waals surface area contributed by atoms with Crippen molar-refractivity contribution in [2.45, 2.75) is 13.0 Å². The minimum absolute atomic E-state index is 0.163. The number of aromatic nitrogens is 2. The van der Waals surface area contributed by atoms with Gasteiger partial charge in [0.2, 0.25) is 0 Å². The topological polar surface area (TPSA) is 77.9 Å². The van der Waals surface area contributed by atoms with Gasteiger partial charge < -0.3 is 20.6 Å². The van der Waals surface area contributed by atoms with Crippen LogP contribution in [0, 0.1) is 0 Å². The molecule has 1 aliphatic heterocycles. The van der Waals surface area contributed by atoms with Crippen molar-refractivity contribution >= 4 is 22.4 Å². The molecule has 0 saturated carbocycles. The molecule has 0 bridgehead atoms. The second-order valence-corrected chi connectivity index (χ2v) is 5.52. The number of nitrogens with two attached hydrogens (primary N) is 1. The normalized spacial score (nSPS) is 13.8. The van der Waals surface area contributed by atoms with E-state index >= 15 is 0 Å².